The van der Waals surface area contributed by atoms with E-state index in [1.165, 1.54) is 17.1 Å². The lowest BCUT2D eigenvalue weighted by atomic mass is 9.94. The normalized spacial score (nSPS) is 14.6. The molecule has 27 heavy (non-hydrogen) atoms. The predicted molar refractivity (Wildman–Crippen MR) is 103 cm³/mol. The van der Waals surface area contributed by atoms with Gasteiger partial charge in [0.2, 0.25) is 6.33 Å². The highest BCUT2D eigenvalue weighted by atomic mass is 16.6. The summed E-state index contributed by atoms with van der Waals surface area (Å²) in [5.74, 6) is -0.266. The molecule has 0 aliphatic heterocycles. The first-order chi connectivity index (χ1) is 12.5. The molecule has 0 aliphatic rings. The summed E-state index contributed by atoms with van der Waals surface area (Å²) < 4.78 is 1.49. The van der Waals surface area contributed by atoms with Crippen LogP contribution in [0.5, 0.6) is 0 Å². The monoisotopic (exact) mass is 383 g/mol. The van der Waals surface area contributed by atoms with E-state index in [0.717, 1.165) is 6.42 Å². The minimum atomic E-state index is -0.630. The second-order valence-electron chi connectivity index (χ2n) is 7.74. The maximum absolute atomic E-state index is 11.3. The molecule has 0 bridgehead atoms. The predicted octanol–water partition coefficient (Wildman–Crippen LogP) is 2.21. The van der Waals surface area contributed by atoms with Crippen molar-refractivity contribution in [1.82, 2.24) is 20.2 Å². The van der Waals surface area contributed by atoms with Crippen molar-refractivity contribution in [3.05, 3.63) is 32.5 Å². The largest absolute Gasteiger partial charge is 0.381 e. The Morgan fingerprint density at radius 1 is 1.19 bits per heavy atom. The van der Waals surface area contributed by atoms with Gasteiger partial charge in [-0.2, -0.15) is 9.81 Å². The molecule has 2 N–H and O–H groups in total. The number of rotatable bonds is 13. The lowest BCUT2D eigenvalue weighted by molar-refractivity contribution is -0.389. The van der Waals surface area contributed by atoms with Crippen LogP contribution >= 0.6 is 0 Å². The fourth-order valence-corrected chi connectivity index (χ4v) is 2.44. The molecular formula is C16H29N7O4. The molecule has 0 amide bonds. The topological polar surface area (TPSA) is 144 Å². The summed E-state index contributed by atoms with van der Waals surface area (Å²) >= 11 is 0. The Bertz CT molecular complexity index is 644. The van der Waals surface area contributed by atoms with Crippen LogP contribution in [-0.4, -0.2) is 50.7 Å². The summed E-state index contributed by atoms with van der Waals surface area (Å²) in [7, 11) is 0. The summed E-state index contributed by atoms with van der Waals surface area (Å²) in [6, 6.07) is -0.972. The van der Waals surface area contributed by atoms with Crippen molar-refractivity contribution in [3.8, 4) is 0 Å². The number of nitrogens with zero attached hydrogens (tertiary/aromatic N) is 5. The van der Waals surface area contributed by atoms with Crippen LogP contribution in [0, 0.1) is 19.9 Å². The second kappa shape index (κ2) is 9.60. The number of hydrogen-bond acceptors (Lipinski definition) is 9. The molecular weight excluding hydrogens is 354 g/mol. The van der Waals surface area contributed by atoms with Crippen molar-refractivity contribution in [3.63, 3.8) is 0 Å². The van der Waals surface area contributed by atoms with Gasteiger partial charge >= 0.3 is 5.82 Å². The molecule has 1 rings (SSSR count). The van der Waals surface area contributed by atoms with Crippen LogP contribution in [0.15, 0.2) is 22.9 Å². The SMILES string of the molecule is CC(N=O)C(C)(C)NCCCNC(C)(C)C(Cn1cnc([N+](=O)[O-])c1)N=O. The molecule has 0 radical (unpaired) electrons. The zero-order valence-corrected chi connectivity index (χ0v) is 16.5. The van der Waals surface area contributed by atoms with Crippen LogP contribution in [0.25, 0.3) is 0 Å². The van der Waals surface area contributed by atoms with Crippen LogP contribution < -0.4 is 10.6 Å². The zero-order chi connectivity index (χ0) is 20.7. The molecule has 0 spiro atoms. The third-order valence-corrected chi connectivity index (χ3v) is 4.87. The summed E-state index contributed by atoms with van der Waals surface area (Å²) in [5, 5.41) is 23.6. The Kier molecular flexibility index (Phi) is 8.10. The van der Waals surface area contributed by atoms with Crippen molar-refractivity contribution in [1.29, 1.82) is 0 Å². The van der Waals surface area contributed by atoms with Gasteiger partial charge in [0.1, 0.15) is 18.3 Å². The Morgan fingerprint density at radius 2 is 1.78 bits per heavy atom. The van der Waals surface area contributed by atoms with E-state index in [1.54, 1.807) is 6.92 Å². The number of aromatic nitrogens is 2. The third-order valence-electron chi connectivity index (χ3n) is 4.87. The Hall–Kier alpha value is -2.27. The van der Waals surface area contributed by atoms with Crippen molar-refractivity contribution in [2.45, 2.75) is 70.7 Å². The van der Waals surface area contributed by atoms with Crippen LogP contribution in [0.4, 0.5) is 5.82 Å². The van der Waals surface area contributed by atoms with Gasteiger partial charge in [-0.25, -0.2) is 0 Å². The van der Waals surface area contributed by atoms with E-state index in [4.69, 9.17) is 0 Å². The Morgan fingerprint density at radius 3 is 2.26 bits per heavy atom. The first kappa shape index (κ1) is 22.8. The lowest BCUT2D eigenvalue weighted by Gasteiger charge is -2.32. The first-order valence-electron chi connectivity index (χ1n) is 8.84. The second-order valence-corrected chi connectivity index (χ2v) is 7.74. The number of nitrogens with one attached hydrogen (secondary N) is 2. The molecule has 0 saturated heterocycles. The molecule has 1 aromatic rings. The lowest BCUT2D eigenvalue weighted by Crippen LogP contribution is -2.51. The minimum absolute atomic E-state index is 0.193. The molecule has 0 aliphatic carbocycles. The Labute approximate surface area is 158 Å². The van der Waals surface area contributed by atoms with Crippen LogP contribution in [0.2, 0.25) is 0 Å². The number of hydrogen-bond donors (Lipinski definition) is 2. The highest BCUT2D eigenvalue weighted by Crippen LogP contribution is 2.17. The van der Waals surface area contributed by atoms with Gasteiger partial charge in [0.25, 0.3) is 0 Å². The molecule has 11 nitrogen and oxygen atoms in total. The van der Waals surface area contributed by atoms with Crippen molar-refractivity contribution < 1.29 is 4.92 Å². The van der Waals surface area contributed by atoms with Gasteiger partial charge in [-0.1, -0.05) is 10.4 Å². The smallest absolute Gasteiger partial charge is 0.358 e. The van der Waals surface area contributed by atoms with E-state index in [9.17, 15) is 19.9 Å². The average Bonchev–Trinajstić information content (AvgIpc) is 3.07. The standard InChI is InChI=1S/C16H29N7O4/c1-12(20-24)15(2,3)18-7-6-8-19-16(4,5)13(21-25)9-22-10-14(17-11-22)23(26)27/h10-13,18-19H,6-9H2,1-5H3. The van der Waals surface area contributed by atoms with Crippen LogP contribution in [-0.2, 0) is 6.54 Å². The summed E-state index contributed by atoms with van der Waals surface area (Å²) in [4.78, 5) is 35.8. The maximum atomic E-state index is 11.3. The van der Waals surface area contributed by atoms with E-state index in [-0.39, 0.29) is 23.9 Å². The summed E-state index contributed by atoms with van der Waals surface area (Å²) in [6.45, 7) is 10.8. The molecule has 0 fully saturated rings. The first-order valence-corrected chi connectivity index (χ1v) is 8.84. The van der Waals surface area contributed by atoms with Gasteiger partial charge < -0.3 is 25.3 Å². The molecule has 152 valence electrons. The van der Waals surface area contributed by atoms with E-state index in [1.807, 2.05) is 27.7 Å². The molecule has 0 saturated carbocycles. The number of nitro groups is 1. The van der Waals surface area contributed by atoms with E-state index in [2.05, 4.69) is 26.0 Å². The highest BCUT2D eigenvalue weighted by Gasteiger charge is 2.31. The molecule has 1 aromatic heterocycles. The van der Waals surface area contributed by atoms with Gasteiger partial charge in [0.05, 0.1) is 6.54 Å². The maximum Gasteiger partial charge on any atom is 0.381 e. The van der Waals surface area contributed by atoms with Gasteiger partial charge in [0, 0.05) is 11.1 Å². The molecule has 0 aromatic carbocycles. The van der Waals surface area contributed by atoms with Gasteiger partial charge in [-0.15, -0.1) is 0 Å². The van der Waals surface area contributed by atoms with E-state index >= 15 is 0 Å². The van der Waals surface area contributed by atoms with Crippen molar-refractivity contribution >= 4 is 5.82 Å². The van der Waals surface area contributed by atoms with Gasteiger partial charge in [-0.3, -0.25) is 0 Å². The summed E-state index contributed by atoms with van der Waals surface area (Å²) in [6.07, 6.45) is 3.38. The molecule has 1 heterocycles. The van der Waals surface area contributed by atoms with Crippen molar-refractivity contribution in [2.24, 2.45) is 10.4 Å². The van der Waals surface area contributed by atoms with E-state index < -0.39 is 16.5 Å². The fourth-order valence-electron chi connectivity index (χ4n) is 2.44. The molecule has 2 unspecified atom stereocenters. The minimum Gasteiger partial charge on any atom is -0.358 e. The number of nitroso groups, excluding NO2 is 2. The Balaban J connectivity index is 2.50. The van der Waals surface area contributed by atoms with E-state index in [0.29, 0.717) is 13.1 Å². The molecule has 11 heteroatoms. The van der Waals surface area contributed by atoms with Crippen LogP contribution in [0.3, 0.4) is 0 Å². The number of imidazole rings is 1. The summed E-state index contributed by atoms with van der Waals surface area (Å²) in [5.41, 5.74) is -0.992. The quantitative estimate of drug-likeness (QED) is 0.230. The fraction of sp³-hybridized carbons (Fsp3) is 0.812. The third kappa shape index (κ3) is 6.75. The highest BCUT2D eigenvalue weighted by molar-refractivity contribution is 5.12. The zero-order valence-electron chi connectivity index (χ0n) is 16.5. The average molecular weight is 383 g/mol. The van der Waals surface area contributed by atoms with Gasteiger partial charge in [-0.05, 0) is 64.0 Å². The van der Waals surface area contributed by atoms with Gasteiger partial charge in [0.15, 0.2) is 0 Å². The van der Waals surface area contributed by atoms with Crippen LogP contribution in [0.1, 0.15) is 41.0 Å². The van der Waals surface area contributed by atoms with Crippen molar-refractivity contribution in [2.75, 3.05) is 13.1 Å². The molecule has 2 atom stereocenters.